The van der Waals surface area contributed by atoms with Crippen LogP contribution in [0.4, 0.5) is 5.69 Å². The lowest BCUT2D eigenvalue weighted by Gasteiger charge is -2.31. The molecule has 1 fully saturated rings. The zero-order valence-corrected chi connectivity index (χ0v) is 18.1. The average molecular weight is 411 g/mol. The lowest BCUT2D eigenvalue weighted by molar-refractivity contribution is -0.113. The number of carbonyl (C=O) groups excluding carboxylic acids is 2. The Kier molecular flexibility index (Phi) is 7.76. The van der Waals surface area contributed by atoms with Gasteiger partial charge in [0.05, 0.1) is 5.75 Å². The molecule has 2 aromatic rings. The molecular formula is C24H30N2O2S. The molecule has 4 nitrogen and oxygen atoms in total. The lowest BCUT2D eigenvalue weighted by Crippen LogP contribution is -2.38. The standard InChI is InChI=1S/C24H30N2O2S/c1-18-8-10-19(11-9-18)16-29-17-23(27)25-21-14-12-20(13-15-21)24(28)26(2)22-6-4-3-5-7-22/h8-15,22H,3-7,16-17H2,1-2H3,(H,25,27). The Morgan fingerprint density at radius 3 is 2.31 bits per heavy atom. The van der Waals surface area contributed by atoms with Crippen molar-refractivity contribution in [2.75, 3.05) is 18.1 Å². The first-order chi connectivity index (χ1) is 14.0. The molecule has 1 saturated carbocycles. The van der Waals surface area contributed by atoms with Gasteiger partial charge in [-0.3, -0.25) is 9.59 Å². The number of anilines is 1. The maximum Gasteiger partial charge on any atom is 0.253 e. The van der Waals surface area contributed by atoms with E-state index < -0.39 is 0 Å². The van der Waals surface area contributed by atoms with Crippen molar-refractivity contribution in [3.05, 3.63) is 65.2 Å². The quantitative estimate of drug-likeness (QED) is 0.676. The van der Waals surface area contributed by atoms with Gasteiger partial charge in [-0.1, -0.05) is 49.1 Å². The van der Waals surface area contributed by atoms with Gasteiger partial charge in [-0.05, 0) is 49.6 Å². The minimum Gasteiger partial charge on any atom is -0.339 e. The van der Waals surface area contributed by atoms with Crippen LogP contribution in [0.3, 0.4) is 0 Å². The summed E-state index contributed by atoms with van der Waals surface area (Å²) in [5, 5.41) is 2.91. The van der Waals surface area contributed by atoms with Crippen LogP contribution in [0.2, 0.25) is 0 Å². The van der Waals surface area contributed by atoms with Crippen LogP contribution in [0, 0.1) is 6.92 Å². The first kappa shape index (κ1) is 21.4. The largest absolute Gasteiger partial charge is 0.339 e. The van der Waals surface area contributed by atoms with Gasteiger partial charge in [0.15, 0.2) is 0 Å². The van der Waals surface area contributed by atoms with Crippen molar-refractivity contribution in [2.24, 2.45) is 0 Å². The van der Waals surface area contributed by atoms with E-state index in [4.69, 9.17) is 0 Å². The van der Waals surface area contributed by atoms with E-state index in [0.717, 1.165) is 24.3 Å². The van der Waals surface area contributed by atoms with Gasteiger partial charge < -0.3 is 10.2 Å². The van der Waals surface area contributed by atoms with Crippen LogP contribution in [-0.4, -0.2) is 35.6 Å². The van der Waals surface area contributed by atoms with E-state index in [1.165, 1.54) is 30.4 Å². The molecule has 0 spiro atoms. The van der Waals surface area contributed by atoms with E-state index in [-0.39, 0.29) is 11.8 Å². The number of thioether (sulfide) groups is 1. The fourth-order valence-corrected chi connectivity index (χ4v) is 4.46. The number of benzene rings is 2. The monoisotopic (exact) mass is 410 g/mol. The highest BCUT2D eigenvalue weighted by molar-refractivity contribution is 7.99. The maximum atomic E-state index is 12.7. The first-order valence-corrected chi connectivity index (χ1v) is 11.5. The molecule has 154 valence electrons. The van der Waals surface area contributed by atoms with Gasteiger partial charge in [0, 0.05) is 30.1 Å². The van der Waals surface area contributed by atoms with Crippen molar-refractivity contribution in [1.82, 2.24) is 4.90 Å². The number of carbonyl (C=O) groups is 2. The smallest absolute Gasteiger partial charge is 0.253 e. The molecule has 29 heavy (non-hydrogen) atoms. The third-order valence-corrected chi connectivity index (χ3v) is 6.48. The Morgan fingerprint density at radius 2 is 1.66 bits per heavy atom. The summed E-state index contributed by atoms with van der Waals surface area (Å²) < 4.78 is 0. The fraction of sp³-hybridized carbons (Fsp3) is 0.417. The molecule has 0 bridgehead atoms. The van der Waals surface area contributed by atoms with E-state index in [0.29, 0.717) is 17.4 Å². The van der Waals surface area contributed by atoms with E-state index in [1.807, 2.05) is 24.1 Å². The molecule has 0 aliphatic heterocycles. The van der Waals surface area contributed by atoms with Crippen LogP contribution in [0.5, 0.6) is 0 Å². The molecule has 1 aliphatic rings. The Hall–Kier alpha value is -2.27. The number of hydrogen-bond donors (Lipinski definition) is 1. The van der Waals surface area contributed by atoms with Crippen molar-refractivity contribution in [3.63, 3.8) is 0 Å². The lowest BCUT2D eigenvalue weighted by atomic mass is 9.94. The highest BCUT2D eigenvalue weighted by Crippen LogP contribution is 2.23. The predicted molar refractivity (Wildman–Crippen MR) is 121 cm³/mol. The van der Waals surface area contributed by atoms with Crippen molar-refractivity contribution < 1.29 is 9.59 Å². The van der Waals surface area contributed by atoms with Crippen LogP contribution in [-0.2, 0) is 10.5 Å². The summed E-state index contributed by atoms with van der Waals surface area (Å²) in [5.41, 5.74) is 3.86. The Balaban J connectivity index is 1.46. The molecule has 0 saturated heterocycles. The Labute approximate surface area is 178 Å². The molecule has 1 N–H and O–H groups in total. The van der Waals surface area contributed by atoms with E-state index in [1.54, 1.807) is 23.9 Å². The molecule has 3 rings (SSSR count). The van der Waals surface area contributed by atoms with E-state index in [9.17, 15) is 9.59 Å². The van der Waals surface area contributed by atoms with Gasteiger partial charge in [-0.2, -0.15) is 0 Å². The number of nitrogens with one attached hydrogen (secondary N) is 1. The number of amides is 2. The zero-order chi connectivity index (χ0) is 20.6. The van der Waals surface area contributed by atoms with Crippen molar-refractivity contribution >= 4 is 29.3 Å². The van der Waals surface area contributed by atoms with Crippen LogP contribution in [0.25, 0.3) is 0 Å². The van der Waals surface area contributed by atoms with Crippen LogP contribution in [0.1, 0.15) is 53.6 Å². The van der Waals surface area contributed by atoms with Gasteiger partial charge >= 0.3 is 0 Å². The molecule has 0 radical (unpaired) electrons. The molecule has 5 heteroatoms. The molecule has 0 heterocycles. The molecule has 0 unspecified atom stereocenters. The number of nitrogens with zero attached hydrogens (tertiary/aromatic N) is 1. The van der Waals surface area contributed by atoms with Crippen LogP contribution >= 0.6 is 11.8 Å². The van der Waals surface area contributed by atoms with Crippen molar-refractivity contribution in [2.45, 2.75) is 50.8 Å². The highest BCUT2D eigenvalue weighted by Gasteiger charge is 2.22. The van der Waals surface area contributed by atoms with Gasteiger partial charge in [0.25, 0.3) is 5.91 Å². The molecule has 0 atom stereocenters. The SMILES string of the molecule is Cc1ccc(CSCC(=O)Nc2ccc(C(=O)N(C)C3CCCCC3)cc2)cc1. The summed E-state index contributed by atoms with van der Waals surface area (Å²) >= 11 is 1.59. The summed E-state index contributed by atoms with van der Waals surface area (Å²) in [5.74, 6) is 1.25. The molecular weight excluding hydrogens is 380 g/mol. The first-order valence-electron chi connectivity index (χ1n) is 10.3. The summed E-state index contributed by atoms with van der Waals surface area (Å²) in [6.07, 6.45) is 5.87. The maximum absolute atomic E-state index is 12.7. The minimum absolute atomic E-state index is 0.0273. The van der Waals surface area contributed by atoms with Gasteiger partial charge in [-0.15, -0.1) is 11.8 Å². The van der Waals surface area contributed by atoms with Crippen molar-refractivity contribution in [1.29, 1.82) is 0 Å². The molecule has 0 aromatic heterocycles. The normalized spacial score (nSPS) is 14.4. The summed E-state index contributed by atoms with van der Waals surface area (Å²) in [6, 6.07) is 15.9. The second kappa shape index (κ2) is 10.5. The second-order valence-electron chi connectivity index (χ2n) is 7.81. The zero-order valence-electron chi connectivity index (χ0n) is 17.3. The molecule has 2 aromatic carbocycles. The number of hydrogen-bond acceptors (Lipinski definition) is 3. The minimum atomic E-state index is -0.0273. The second-order valence-corrected chi connectivity index (χ2v) is 8.80. The molecule has 2 amide bonds. The third kappa shape index (κ3) is 6.36. The predicted octanol–water partition coefficient (Wildman–Crippen LogP) is 5.27. The Morgan fingerprint density at radius 1 is 1.00 bits per heavy atom. The van der Waals surface area contributed by atoms with Crippen molar-refractivity contribution in [3.8, 4) is 0 Å². The third-order valence-electron chi connectivity index (χ3n) is 5.48. The van der Waals surface area contributed by atoms with Gasteiger partial charge in [-0.25, -0.2) is 0 Å². The van der Waals surface area contributed by atoms with E-state index in [2.05, 4.69) is 36.5 Å². The summed E-state index contributed by atoms with van der Waals surface area (Å²) in [7, 11) is 1.90. The molecule has 1 aliphatic carbocycles. The fourth-order valence-electron chi connectivity index (χ4n) is 3.68. The average Bonchev–Trinajstić information content (AvgIpc) is 2.75. The van der Waals surface area contributed by atoms with Crippen LogP contribution in [0.15, 0.2) is 48.5 Å². The highest BCUT2D eigenvalue weighted by atomic mass is 32.2. The van der Waals surface area contributed by atoms with Gasteiger partial charge in [0.1, 0.15) is 0 Å². The Bertz CT molecular complexity index is 812. The van der Waals surface area contributed by atoms with Gasteiger partial charge in [0.2, 0.25) is 5.91 Å². The summed E-state index contributed by atoms with van der Waals surface area (Å²) in [6.45, 7) is 2.07. The van der Waals surface area contributed by atoms with E-state index >= 15 is 0 Å². The number of rotatable bonds is 7. The topological polar surface area (TPSA) is 49.4 Å². The van der Waals surface area contributed by atoms with Crippen LogP contribution < -0.4 is 5.32 Å². The summed E-state index contributed by atoms with van der Waals surface area (Å²) in [4.78, 5) is 26.8. The number of aryl methyl sites for hydroxylation is 1.